The molecule has 0 atom stereocenters. The van der Waals surface area contributed by atoms with E-state index in [9.17, 15) is 13.2 Å². The first-order valence-corrected chi connectivity index (χ1v) is 7.65. The number of hydrogen-bond acceptors (Lipinski definition) is 5. The zero-order chi connectivity index (χ0) is 13.2. The molecule has 1 aromatic rings. The van der Waals surface area contributed by atoms with Gasteiger partial charge in [0.1, 0.15) is 10.8 Å². The molecule has 6 nitrogen and oxygen atoms in total. The Morgan fingerprint density at radius 3 is 2.67 bits per heavy atom. The van der Waals surface area contributed by atoms with Crippen LogP contribution in [0.4, 0.5) is 0 Å². The summed E-state index contributed by atoms with van der Waals surface area (Å²) in [5.41, 5.74) is 0.179. The van der Waals surface area contributed by atoms with Crippen molar-refractivity contribution in [1.29, 1.82) is 0 Å². The Morgan fingerprint density at radius 2 is 2.00 bits per heavy atom. The monoisotopic (exact) mass is 289 g/mol. The van der Waals surface area contributed by atoms with E-state index in [4.69, 9.17) is 11.6 Å². The molecule has 98 valence electrons. The van der Waals surface area contributed by atoms with Crippen molar-refractivity contribution >= 4 is 27.3 Å². The highest BCUT2D eigenvalue weighted by molar-refractivity contribution is 7.91. The topological polar surface area (TPSA) is 80.2 Å². The minimum atomic E-state index is -3.03. The summed E-state index contributed by atoms with van der Waals surface area (Å²) in [6, 6.07) is 0. The molecule has 0 aliphatic carbocycles. The average Bonchev–Trinajstić information content (AvgIpc) is 2.50. The van der Waals surface area contributed by atoms with Crippen molar-refractivity contribution in [2.75, 3.05) is 24.6 Å². The standard InChI is InChI=1S/C10H12ClN3O3S/c11-9-7-12-8(6-13-9)10(15)14-2-1-4-18(16,17)5-3-14/h6-7H,1-5H2. The number of rotatable bonds is 1. The van der Waals surface area contributed by atoms with Crippen molar-refractivity contribution in [3.63, 3.8) is 0 Å². The van der Waals surface area contributed by atoms with Crippen molar-refractivity contribution in [3.05, 3.63) is 23.2 Å². The smallest absolute Gasteiger partial charge is 0.274 e. The molecule has 1 saturated heterocycles. The highest BCUT2D eigenvalue weighted by atomic mass is 35.5. The van der Waals surface area contributed by atoms with Gasteiger partial charge in [-0.25, -0.2) is 18.4 Å². The van der Waals surface area contributed by atoms with Crippen LogP contribution >= 0.6 is 11.6 Å². The highest BCUT2D eigenvalue weighted by Gasteiger charge is 2.24. The van der Waals surface area contributed by atoms with Crippen molar-refractivity contribution in [2.24, 2.45) is 0 Å². The zero-order valence-corrected chi connectivity index (χ0v) is 11.1. The second kappa shape index (κ2) is 5.19. The molecule has 0 bridgehead atoms. The molecule has 1 aliphatic rings. The Hall–Kier alpha value is -1.21. The summed E-state index contributed by atoms with van der Waals surface area (Å²) in [4.78, 5) is 21.2. The maximum atomic E-state index is 12.1. The molecule has 2 heterocycles. The van der Waals surface area contributed by atoms with Crippen LogP contribution < -0.4 is 0 Å². The van der Waals surface area contributed by atoms with Gasteiger partial charge >= 0.3 is 0 Å². The van der Waals surface area contributed by atoms with Gasteiger partial charge in [-0.3, -0.25) is 4.79 Å². The fourth-order valence-electron chi connectivity index (χ4n) is 1.73. The van der Waals surface area contributed by atoms with Crippen molar-refractivity contribution in [1.82, 2.24) is 14.9 Å². The van der Waals surface area contributed by atoms with Gasteiger partial charge in [-0.1, -0.05) is 11.6 Å². The SMILES string of the molecule is O=C(c1cnc(Cl)cn1)N1CCCS(=O)(=O)CC1. The van der Waals surface area contributed by atoms with Gasteiger partial charge in [-0.2, -0.15) is 0 Å². The van der Waals surface area contributed by atoms with Crippen LogP contribution in [0.25, 0.3) is 0 Å². The number of halogens is 1. The highest BCUT2D eigenvalue weighted by Crippen LogP contribution is 2.09. The van der Waals surface area contributed by atoms with E-state index in [2.05, 4.69) is 9.97 Å². The maximum Gasteiger partial charge on any atom is 0.274 e. The molecule has 18 heavy (non-hydrogen) atoms. The van der Waals surface area contributed by atoms with E-state index in [0.717, 1.165) is 0 Å². The van der Waals surface area contributed by atoms with E-state index in [-0.39, 0.29) is 34.8 Å². The first kappa shape index (κ1) is 13.2. The third kappa shape index (κ3) is 3.17. The Kier molecular flexibility index (Phi) is 3.82. The number of aromatic nitrogens is 2. The van der Waals surface area contributed by atoms with Crippen molar-refractivity contribution < 1.29 is 13.2 Å². The van der Waals surface area contributed by atoms with Crippen LogP contribution in [0.5, 0.6) is 0 Å². The van der Waals surface area contributed by atoms with Gasteiger partial charge < -0.3 is 4.90 Å². The molecule has 8 heteroatoms. The first-order chi connectivity index (χ1) is 8.48. The lowest BCUT2D eigenvalue weighted by molar-refractivity contribution is 0.0762. The molecular formula is C10H12ClN3O3S. The summed E-state index contributed by atoms with van der Waals surface area (Å²) >= 11 is 5.59. The van der Waals surface area contributed by atoms with Gasteiger partial charge in [-0.05, 0) is 6.42 Å². The zero-order valence-electron chi connectivity index (χ0n) is 9.54. The van der Waals surface area contributed by atoms with Crippen LogP contribution in [-0.4, -0.2) is 53.8 Å². The molecule has 0 saturated carbocycles. The Labute approximate surface area is 110 Å². The van der Waals surface area contributed by atoms with Crippen molar-refractivity contribution in [2.45, 2.75) is 6.42 Å². The van der Waals surface area contributed by atoms with Gasteiger partial charge in [0, 0.05) is 13.1 Å². The summed E-state index contributed by atoms with van der Waals surface area (Å²) < 4.78 is 22.9. The first-order valence-electron chi connectivity index (χ1n) is 5.45. The van der Waals surface area contributed by atoms with E-state index >= 15 is 0 Å². The minimum Gasteiger partial charge on any atom is -0.336 e. The van der Waals surface area contributed by atoms with Crippen LogP contribution in [0.15, 0.2) is 12.4 Å². The van der Waals surface area contributed by atoms with Crippen LogP contribution in [0.1, 0.15) is 16.9 Å². The summed E-state index contributed by atoms with van der Waals surface area (Å²) in [6.07, 6.45) is 3.04. The quantitative estimate of drug-likeness (QED) is 0.747. The molecule has 0 unspecified atom stereocenters. The third-order valence-electron chi connectivity index (χ3n) is 2.68. The Bertz CT molecular complexity index is 544. The number of amides is 1. The van der Waals surface area contributed by atoms with Gasteiger partial charge in [0.15, 0.2) is 9.84 Å². The summed E-state index contributed by atoms with van der Waals surface area (Å²) in [5.74, 6) is -0.181. The van der Waals surface area contributed by atoms with E-state index < -0.39 is 9.84 Å². The molecule has 0 radical (unpaired) electrons. The van der Waals surface area contributed by atoms with Crippen molar-refractivity contribution in [3.8, 4) is 0 Å². The largest absolute Gasteiger partial charge is 0.336 e. The lowest BCUT2D eigenvalue weighted by Crippen LogP contribution is -2.34. The van der Waals surface area contributed by atoms with E-state index in [0.29, 0.717) is 13.0 Å². The van der Waals surface area contributed by atoms with Crippen LogP contribution in [-0.2, 0) is 9.84 Å². The Morgan fingerprint density at radius 1 is 1.22 bits per heavy atom. The minimum absolute atomic E-state index is 0.000240. The number of sulfone groups is 1. The molecule has 1 aliphatic heterocycles. The van der Waals surface area contributed by atoms with E-state index in [1.807, 2.05) is 0 Å². The van der Waals surface area contributed by atoms with Crippen LogP contribution in [0, 0.1) is 0 Å². The lowest BCUT2D eigenvalue weighted by Gasteiger charge is -2.18. The predicted octanol–water partition coefficient (Wildman–Crippen LogP) is 0.391. The molecule has 1 aromatic heterocycles. The average molecular weight is 290 g/mol. The summed E-state index contributed by atoms with van der Waals surface area (Å²) in [6.45, 7) is 0.619. The molecule has 2 rings (SSSR count). The normalized spacial score (nSPS) is 19.3. The second-order valence-electron chi connectivity index (χ2n) is 4.02. The number of carbonyl (C=O) groups is 1. The molecular weight excluding hydrogens is 278 g/mol. The molecule has 0 aromatic carbocycles. The number of carbonyl (C=O) groups excluding carboxylic acids is 1. The van der Waals surface area contributed by atoms with Crippen LogP contribution in [0.2, 0.25) is 5.15 Å². The predicted molar refractivity (Wildman–Crippen MR) is 66.2 cm³/mol. The van der Waals surface area contributed by atoms with E-state index in [1.54, 1.807) is 0 Å². The lowest BCUT2D eigenvalue weighted by atomic mass is 10.3. The molecule has 1 amide bonds. The molecule has 0 spiro atoms. The maximum absolute atomic E-state index is 12.1. The third-order valence-corrected chi connectivity index (χ3v) is 4.59. The number of nitrogens with zero attached hydrogens (tertiary/aromatic N) is 3. The van der Waals surface area contributed by atoms with Gasteiger partial charge in [0.2, 0.25) is 0 Å². The fraction of sp³-hybridized carbons (Fsp3) is 0.500. The second-order valence-corrected chi connectivity index (χ2v) is 6.71. The fourth-order valence-corrected chi connectivity index (χ4v) is 3.10. The number of hydrogen-bond donors (Lipinski definition) is 0. The van der Waals surface area contributed by atoms with Crippen LogP contribution in [0.3, 0.4) is 0 Å². The Balaban J connectivity index is 2.12. The summed E-state index contributed by atoms with van der Waals surface area (Å²) in [5, 5.41) is 0.213. The molecule has 1 fully saturated rings. The van der Waals surface area contributed by atoms with Gasteiger partial charge in [-0.15, -0.1) is 0 Å². The van der Waals surface area contributed by atoms with Gasteiger partial charge in [0.25, 0.3) is 5.91 Å². The summed E-state index contributed by atoms with van der Waals surface area (Å²) in [7, 11) is -3.03. The molecule has 0 N–H and O–H groups in total. The van der Waals surface area contributed by atoms with E-state index in [1.165, 1.54) is 17.3 Å². The van der Waals surface area contributed by atoms with Gasteiger partial charge in [0.05, 0.1) is 23.9 Å².